The van der Waals surface area contributed by atoms with Crippen LogP contribution in [-0.4, -0.2) is 40.9 Å². The molecule has 4 heteroatoms. The van der Waals surface area contributed by atoms with E-state index in [0.29, 0.717) is 19.4 Å². The Morgan fingerprint density at radius 1 is 0.424 bits per heavy atom. The number of Topliss-reactive ketones (excluding diaryl/α,β-unsaturated/α-hetero) is 1. The number of aliphatic hydroxyl groups is 2. The fourth-order valence-electron chi connectivity index (χ4n) is 8.64. The molecule has 0 radical (unpaired) electrons. The second-order valence-electron chi connectivity index (χ2n) is 18.5. The van der Waals surface area contributed by atoms with Crippen molar-refractivity contribution < 1.29 is 19.7 Å². The van der Waals surface area contributed by atoms with Gasteiger partial charge in [-0.2, -0.15) is 0 Å². The van der Waals surface area contributed by atoms with Crippen LogP contribution in [-0.2, 0) is 9.53 Å². The number of ketones is 1. The van der Waals surface area contributed by atoms with E-state index in [2.05, 4.69) is 45.1 Å². The van der Waals surface area contributed by atoms with Crippen molar-refractivity contribution in [1.82, 2.24) is 0 Å². The minimum absolute atomic E-state index is 0.0133. The smallest absolute Gasteiger partial charge is 0.167 e. The molecule has 0 aromatic rings. The van der Waals surface area contributed by atoms with Gasteiger partial charge in [0.15, 0.2) is 11.4 Å². The number of carbonyl (C=O) groups is 1. The van der Waals surface area contributed by atoms with E-state index in [0.717, 1.165) is 44.9 Å². The van der Waals surface area contributed by atoms with Gasteiger partial charge in [0.1, 0.15) is 6.10 Å². The minimum Gasteiger partial charge on any atom is -0.394 e. The van der Waals surface area contributed by atoms with E-state index in [9.17, 15) is 15.0 Å². The molecule has 2 unspecified atom stereocenters. The van der Waals surface area contributed by atoms with Gasteiger partial charge in [0.05, 0.1) is 6.61 Å². The molecule has 0 spiro atoms. The SMILES string of the molecule is CCCCCCCCC=CCCCCCCCCOC(CCCCCCCCC=CCCCCCCCC)(C(=O)CCCCCCCCCCCCCCC)C(O)CO. The lowest BCUT2D eigenvalue weighted by Gasteiger charge is -2.36. The summed E-state index contributed by atoms with van der Waals surface area (Å²) in [6.45, 7) is 6.89. The van der Waals surface area contributed by atoms with Crippen molar-refractivity contribution in [3.63, 3.8) is 0 Å². The van der Waals surface area contributed by atoms with Crippen LogP contribution in [0.25, 0.3) is 0 Å². The monoisotopic (exact) mass is 831 g/mol. The van der Waals surface area contributed by atoms with E-state index in [1.807, 2.05) is 0 Å². The lowest BCUT2D eigenvalue weighted by molar-refractivity contribution is -0.171. The van der Waals surface area contributed by atoms with E-state index in [-0.39, 0.29) is 5.78 Å². The summed E-state index contributed by atoms with van der Waals surface area (Å²) in [6, 6.07) is 0. The summed E-state index contributed by atoms with van der Waals surface area (Å²) in [6.07, 6.45) is 60.8. The van der Waals surface area contributed by atoms with E-state index in [1.54, 1.807) is 0 Å². The van der Waals surface area contributed by atoms with Crippen molar-refractivity contribution in [2.75, 3.05) is 13.2 Å². The van der Waals surface area contributed by atoms with Crippen molar-refractivity contribution in [2.24, 2.45) is 0 Å². The van der Waals surface area contributed by atoms with Gasteiger partial charge in [-0.15, -0.1) is 0 Å². The van der Waals surface area contributed by atoms with Crippen molar-refractivity contribution in [2.45, 2.75) is 309 Å². The van der Waals surface area contributed by atoms with Crippen LogP contribution in [0.1, 0.15) is 297 Å². The van der Waals surface area contributed by atoms with Gasteiger partial charge < -0.3 is 14.9 Å². The predicted molar refractivity (Wildman–Crippen MR) is 261 cm³/mol. The Morgan fingerprint density at radius 3 is 1.05 bits per heavy atom. The van der Waals surface area contributed by atoms with Crippen LogP contribution in [0.2, 0.25) is 0 Å². The molecule has 0 bridgehead atoms. The zero-order valence-electron chi connectivity index (χ0n) is 40.4. The third-order valence-corrected chi connectivity index (χ3v) is 12.8. The first-order chi connectivity index (χ1) is 29.1. The Bertz CT molecular complexity index is 882. The Hall–Kier alpha value is -0.970. The molecule has 0 aliphatic carbocycles. The van der Waals surface area contributed by atoms with E-state index < -0.39 is 18.3 Å². The molecular weight excluding hydrogens is 725 g/mol. The summed E-state index contributed by atoms with van der Waals surface area (Å²) in [5, 5.41) is 21.4. The Kier molecular flexibility index (Phi) is 47.3. The zero-order valence-corrected chi connectivity index (χ0v) is 40.4. The summed E-state index contributed by atoms with van der Waals surface area (Å²) in [5.74, 6) is 0.0133. The number of ether oxygens (including phenoxy) is 1. The summed E-state index contributed by atoms with van der Waals surface area (Å²) >= 11 is 0. The molecule has 2 N–H and O–H groups in total. The second kappa shape index (κ2) is 48.1. The molecule has 0 rings (SSSR count). The highest BCUT2D eigenvalue weighted by molar-refractivity contribution is 5.88. The molecule has 2 atom stereocenters. The molecule has 0 aromatic heterocycles. The first-order valence-corrected chi connectivity index (χ1v) is 26.8. The first kappa shape index (κ1) is 58.0. The highest BCUT2D eigenvalue weighted by Gasteiger charge is 2.44. The number of rotatable bonds is 50. The highest BCUT2D eigenvalue weighted by Crippen LogP contribution is 2.29. The molecule has 0 saturated carbocycles. The maximum atomic E-state index is 14.0. The standard InChI is InChI=1S/C55H106O4/c1-4-7-10-13-16-19-22-25-27-29-32-35-38-41-44-47-50-55(54(58)52-56,53(57)49-46-43-40-37-34-31-24-21-18-15-12-9-6-3)59-51-48-45-42-39-36-33-30-28-26-23-20-17-14-11-8-5-2/h25-28,54,56,58H,4-24,29-52H2,1-3H3. The average Bonchev–Trinajstić information content (AvgIpc) is 3.25. The molecule has 0 fully saturated rings. The molecule has 59 heavy (non-hydrogen) atoms. The Labute approximate surface area is 370 Å². The number of hydrogen-bond acceptors (Lipinski definition) is 4. The Morgan fingerprint density at radius 2 is 0.712 bits per heavy atom. The molecule has 0 aliphatic heterocycles. The van der Waals surface area contributed by atoms with Crippen molar-refractivity contribution in [3.8, 4) is 0 Å². The van der Waals surface area contributed by atoms with Crippen molar-refractivity contribution >= 4 is 5.78 Å². The molecule has 0 amide bonds. The van der Waals surface area contributed by atoms with Gasteiger partial charge in [-0.05, 0) is 70.6 Å². The van der Waals surface area contributed by atoms with Crippen LogP contribution in [0.3, 0.4) is 0 Å². The van der Waals surface area contributed by atoms with Gasteiger partial charge >= 0.3 is 0 Å². The molecule has 0 saturated heterocycles. The van der Waals surface area contributed by atoms with Crippen molar-refractivity contribution in [1.29, 1.82) is 0 Å². The topological polar surface area (TPSA) is 66.8 Å². The lowest BCUT2D eigenvalue weighted by atomic mass is 9.83. The van der Waals surface area contributed by atoms with Crippen LogP contribution < -0.4 is 0 Å². The zero-order chi connectivity index (χ0) is 43.0. The van der Waals surface area contributed by atoms with Crippen LogP contribution in [0.5, 0.6) is 0 Å². The third-order valence-electron chi connectivity index (χ3n) is 12.8. The Balaban J connectivity index is 4.64. The first-order valence-electron chi connectivity index (χ1n) is 26.8. The number of aliphatic hydroxyl groups excluding tert-OH is 2. The lowest BCUT2D eigenvalue weighted by Crippen LogP contribution is -2.53. The quantitative estimate of drug-likeness (QED) is 0.0473. The number of carbonyl (C=O) groups excluding carboxylic acids is 1. The minimum atomic E-state index is -1.27. The van der Waals surface area contributed by atoms with Gasteiger partial charge in [0.2, 0.25) is 0 Å². The maximum absolute atomic E-state index is 14.0. The van der Waals surface area contributed by atoms with Gasteiger partial charge in [0, 0.05) is 13.0 Å². The summed E-state index contributed by atoms with van der Waals surface area (Å²) in [4.78, 5) is 14.0. The normalized spacial score (nSPS) is 13.6. The van der Waals surface area contributed by atoms with Crippen molar-refractivity contribution in [3.05, 3.63) is 24.3 Å². The van der Waals surface area contributed by atoms with Crippen LogP contribution in [0.15, 0.2) is 24.3 Å². The van der Waals surface area contributed by atoms with Crippen LogP contribution in [0, 0.1) is 0 Å². The van der Waals surface area contributed by atoms with Gasteiger partial charge in [0.25, 0.3) is 0 Å². The number of allylic oxidation sites excluding steroid dienone is 4. The molecule has 0 heterocycles. The largest absolute Gasteiger partial charge is 0.394 e. The van der Waals surface area contributed by atoms with E-state index in [4.69, 9.17) is 4.74 Å². The summed E-state index contributed by atoms with van der Waals surface area (Å²) in [5.41, 5.74) is -1.27. The highest BCUT2D eigenvalue weighted by atomic mass is 16.5. The fraction of sp³-hybridized carbons (Fsp3) is 0.909. The average molecular weight is 831 g/mol. The maximum Gasteiger partial charge on any atom is 0.167 e. The molecule has 4 nitrogen and oxygen atoms in total. The summed E-state index contributed by atoms with van der Waals surface area (Å²) < 4.78 is 6.48. The number of unbranched alkanes of at least 4 members (excludes halogenated alkanes) is 36. The van der Waals surface area contributed by atoms with Crippen LogP contribution in [0.4, 0.5) is 0 Å². The number of hydrogen-bond donors (Lipinski definition) is 2. The molecule has 350 valence electrons. The molecular formula is C55H106O4. The summed E-state index contributed by atoms with van der Waals surface area (Å²) in [7, 11) is 0. The second-order valence-corrected chi connectivity index (χ2v) is 18.5. The van der Waals surface area contributed by atoms with Gasteiger partial charge in [-0.3, -0.25) is 4.79 Å². The van der Waals surface area contributed by atoms with E-state index in [1.165, 1.54) is 218 Å². The van der Waals surface area contributed by atoms with E-state index >= 15 is 0 Å². The third kappa shape index (κ3) is 38.4. The van der Waals surface area contributed by atoms with Crippen LogP contribution >= 0.6 is 0 Å². The van der Waals surface area contributed by atoms with Gasteiger partial charge in [-0.1, -0.05) is 244 Å². The molecule has 0 aliphatic rings. The fourth-order valence-corrected chi connectivity index (χ4v) is 8.64. The van der Waals surface area contributed by atoms with Gasteiger partial charge in [-0.25, -0.2) is 0 Å². The predicted octanol–water partition coefficient (Wildman–Crippen LogP) is 17.6. The molecule has 0 aromatic carbocycles.